The molecule has 1 heterocycles. The molecule has 1 aromatic carbocycles. The van der Waals surface area contributed by atoms with E-state index in [0.29, 0.717) is 24.5 Å². The number of rotatable bonds is 2. The van der Waals surface area contributed by atoms with Crippen LogP contribution < -0.4 is 4.74 Å². The van der Waals surface area contributed by atoms with E-state index in [2.05, 4.69) is 0 Å². The van der Waals surface area contributed by atoms with E-state index in [-0.39, 0.29) is 18.3 Å². The monoisotopic (exact) mass is 253 g/mol. The fourth-order valence-corrected chi connectivity index (χ4v) is 1.91. The van der Waals surface area contributed by atoms with Gasteiger partial charge in [0, 0.05) is 12.7 Å². The molecule has 1 atom stereocenters. The highest BCUT2D eigenvalue weighted by Gasteiger charge is 2.25. The number of nitrogens with zero attached hydrogens (tertiary/aromatic N) is 1. The van der Waals surface area contributed by atoms with Crippen molar-refractivity contribution in [2.75, 3.05) is 20.3 Å². The van der Waals surface area contributed by atoms with Gasteiger partial charge in [-0.3, -0.25) is 4.79 Å². The van der Waals surface area contributed by atoms with Crippen LogP contribution in [0.1, 0.15) is 12.5 Å². The second-order valence-electron chi connectivity index (χ2n) is 4.20. The molecule has 0 fully saturated rings. The van der Waals surface area contributed by atoms with E-state index in [1.807, 2.05) is 0 Å². The van der Waals surface area contributed by atoms with Crippen LogP contribution in [-0.4, -0.2) is 37.2 Å². The lowest BCUT2D eigenvalue weighted by molar-refractivity contribution is -0.141. The van der Waals surface area contributed by atoms with Crippen LogP contribution in [0.3, 0.4) is 0 Å². The highest BCUT2D eigenvalue weighted by Crippen LogP contribution is 2.25. The normalized spacial score (nSPS) is 16.5. The van der Waals surface area contributed by atoms with Crippen molar-refractivity contribution in [1.82, 2.24) is 4.90 Å². The van der Waals surface area contributed by atoms with E-state index in [4.69, 9.17) is 9.47 Å². The quantitative estimate of drug-likeness (QED) is 0.803. The molecule has 1 aromatic rings. The molecule has 0 bridgehead atoms. The van der Waals surface area contributed by atoms with Crippen molar-refractivity contribution >= 4 is 5.91 Å². The first-order chi connectivity index (χ1) is 8.63. The van der Waals surface area contributed by atoms with E-state index in [0.717, 1.165) is 0 Å². The number of methoxy groups -OCH3 is 1. The lowest BCUT2D eigenvalue weighted by atomic mass is 10.1. The van der Waals surface area contributed by atoms with Gasteiger partial charge in [0.05, 0.1) is 13.1 Å². The SMILES string of the molecule is CO[C@@H](C)C(=O)N1CCOc2cccc(F)c2C1. The summed E-state index contributed by atoms with van der Waals surface area (Å²) in [6.45, 7) is 2.68. The Morgan fingerprint density at radius 1 is 1.56 bits per heavy atom. The summed E-state index contributed by atoms with van der Waals surface area (Å²) in [5.74, 6) is 0.00448. The molecule has 2 rings (SSSR count). The molecule has 0 saturated heterocycles. The molecule has 5 heteroatoms. The summed E-state index contributed by atoms with van der Waals surface area (Å²) in [5, 5.41) is 0. The molecular formula is C13H16FNO3. The summed E-state index contributed by atoms with van der Waals surface area (Å²) in [7, 11) is 1.48. The number of benzene rings is 1. The van der Waals surface area contributed by atoms with Gasteiger partial charge in [0.25, 0.3) is 5.91 Å². The third kappa shape index (κ3) is 2.46. The number of hydrogen-bond acceptors (Lipinski definition) is 3. The molecule has 0 spiro atoms. The molecule has 1 amide bonds. The van der Waals surface area contributed by atoms with Gasteiger partial charge in [0.1, 0.15) is 24.3 Å². The molecule has 98 valence electrons. The molecular weight excluding hydrogens is 237 g/mol. The number of fused-ring (bicyclic) bond motifs is 1. The van der Waals surface area contributed by atoms with Crippen LogP contribution in [0.5, 0.6) is 5.75 Å². The molecule has 0 unspecified atom stereocenters. The Hall–Kier alpha value is -1.62. The Kier molecular flexibility index (Phi) is 3.81. The number of halogens is 1. The lowest BCUT2D eigenvalue weighted by Gasteiger charge is -2.22. The minimum atomic E-state index is -0.529. The lowest BCUT2D eigenvalue weighted by Crippen LogP contribution is -2.39. The predicted molar refractivity (Wildman–Crippen MR) is 63.8 cm³/mol. The van der Waals surface area contributed by atoms with Crippen LogP contribution in [0.15, 0.2) is 18.2 Å². The number of amides is 1. The van der Waals surface area contributed by atoms with Crippen LogP contribution in [0.25, 0.3) is 0 Å². The zero-order valence-electron chi connectivity index (χ0n) is 10.5. The Balaban J connectivity index is 2.23. The fraction of sp³-hybridized carbons (Fsp3) is 0.462. The van der Waals surface area contributed by atoms with Gasteiger partial charge in [0.15, 0.2) is 0 Å². The maximum atomic E-state index is 13.7. The van der Waals surface area contributed by atoms with Crippen molar-refractivity contribution in [3.63, 3.8) is 0 Å². The van der Waals surface area contributed by atoms with Crippen molar-refractivity contribution < 1.29 is 18.7 Å². The number of ether oxygens (including phenoxy) is 2. The van der Waals surface area contributed by atoms with E-state index in [9.17, 15) is 9.18 Å². The molecule has 0 radical (unpaired) electrons. The smallest absolute Gasteiger partial charge is 0.251 e. The molecule has 1 aliphatic heterocycles. The largest absolute Gasteiger partial charge is 0.491 e. The van der Waals surface area contributed by atoms with Crippen molar-refractivity contribution in [2.45, 2.75) is 19.6 Å². The average molecular weight is 253 g/mol. The zero-order chi connectivity index (χ0) is 13.1. The molecule has 18 heavy (non-hydrogen) atoms. The van der Waals surface area contributed by atoms with E-state index < -0.39 is 6.10 Å². The topological polar surface area (TPSA) is 38.8 Å². The summed E-state index contributed by atoms with van der Waals surface area (Å²) in [6.07, 6.45) is -0.529. The highest BCUT2D eigenvalue weighted by molar-refractivity contribution is 5.80. The molecule has 0 saturated carbocycles. The Morgan fingerprint density at radius 3 is 3.06 bits per heavy atom. The third-order valence-electron chi connectivity index (χ3n) is 3.06. The minimum Gasteiger partial charge on any atom is -0.491 e. The summed E-state index contributed by atoms with van der Waals surface area (Å²) >= 11 is 0. The Labute approximate surface area is 105 Å². The summed E-state index contributed by atoms with van der Waals surface area (Å²) in [6, 6.07) is 4.69. The van der Waals surface area contributed by atoms with Crippen LogP contribution in [0.4, 0.5) is 4.39 Å². The van der Waals surface area contributed by atoms with Gasteiger partial charge in [-0.05, 0) is 19.1 Å². The van der Waals surface area contributed by atoms with Gasteiger partial charge in [0.2, 0.25) is 0 Å². The number of hydrogen-bond donors (Lipinski definition) is 0. The van der Waals surface area contributed by atoms with Gasteiger partial charge in [-0.15, -0.1) is 0 Å². The average Bonchev–Trinajstić information content (AvgIpc) is 2.60. The summed E-state index contributed by atoms with van der Waals surface area (Å²) in [4.78, 5) is 13.6. The van der Waals surface area contributed by atoms with Gasteiger partial charge in [-0.25, -0.2) is 4.39 Å². The predicted octanol–water partition coefficient (Wildman–Crippen LogP) is 1.58. The van der Waals surface area contributed by atoms with Crippen molar-refractivity contribution in [3.05, 3.63) is 29.6 Å². The standard InChI is InChI=1S/C13H16FNO3/c1-9(17-2)13(16)15-6-7-18-12-5-3-4-11(14)10(12)8-15/h3-5,9H,6-8H2,1-2H3/t9-/m0/s1. The second-order valence-corrected chi connectivity index (χ2v) is 4.20. The zero-order valence-corrected chi connectivity index (χ0v) is 10.5. The molecule has 4 nitrogen and oxygen atoms in total. The maximum Gasteiger partial charge on any atom is 0.251 e. The van der Waals surface area contributed by atoms with Crippen LogP contribution in [0.2, 0.25) is 0 Å². The Bertz CT molecular complexity index is 450. The minimum absolute atomic E-state index is 0.155. The molecule has 0 aliphatic carbocycles. The third-order valence-corrected chi connectivity index (χ3v) is 3.06. The summed E-state index contributed by atoms with van der Waals surface area (Å²) < 4.78 is 24.2. The Morgan fingerprint density at radius 2 is 2.33 bits per heavy atom. The maximum absolute atomic E-state index is 13.7. The van der Waals surface area contributed by atoms with Crippen molar-refractivity contribution in [3.8, 4) is 5.75 Å². The van der Waals surface area contributed by atoms with Gasteiger partial charge in [-0.2, -0.15) is 0 Å². The second kappa shape index (κ2) is 5.35. The fourth-order valence-electron chi connectivity index (χ4n) is 1.91. The first-order valence-corrected chi connectivity index (χ1v) is 5.85. The van der Waals surface area contributed by atoms with Crippen molar-refractivity contribution in [1.29, 1.82) is 0 Å². The van der Waals surface area contributed by atoms with Crippen molar-refractivity contribution in [2.24, 2.45) is 0 Å². The van der Waals surface area contributed by atoms with Crippen LogP contribution in [-0.2, 0) is 16.1 Å². The van der Waals surface area contributed by atoms with E-state index in [1.165, 1.54) is 13.2 Å². The first kappa shape index (κ1) is 12.8. The first-order valence-electron chi connectivity index (χ1n) is 5.85. The van der Waals surface area contributed by atoms with E-state index in [1.54, 1.807) is 24.0 Å². The van der Waals surface area contributed by atoms with Crippen LogP contribution in [0, 0.1) is 5.82 Å². The van der Waals surface area contributed by atoms with Gasteiger partial charge in [-0.1, -0.05) is 6.07 Å². The summed E-state index contributed by atoms with van der Waals surface area (Å²) in [5.41, 5.74) is 0.423. The van der Waals surface area contributed by atoms with Gasteiger partial charge >= 0.3 is 0 Å². The highest BCUT2D eigenvalue weighted by atomic mass is 19.1. The molecule has 1 aliphatic rings. The number of carbonyl (C=O) groups is 1. The molecule has 0 N–H and O–H groups in total. The van der Waals surface area contributed by atoms with Gasteiger partial charge < -0.3 is 14.4 Å². The number of carbonyl (C=O) groups excluding carboxylic acids is 1. The van der Waals surface area contributed by atoms with E-state index >= 15 is 0 Å². The van der Waals surface area contributed by atoms with Crippen LogP contribution >= 0.6 is 0 Å². The molecule has 0 aromatic heterocycles.